The molecule has 1 amide bonds. The lowest BCUT2D eigenvalue weighted by Gasteiger charge is -2.14. The molecule has 0 spiro atoms. The van der Waals surface area contributed by atoms with Gasteiger partial charge in [0.25, 0.3) is 5.91 Å². The van der Waals surface area contributed by atoms with Gasteiger partial charge in [0.05, 0.1) is 17.3 Å². The number of fused-ring (bicyclic) bond motifs is 1. The van der Waals surface area contributed by atoms with E-state index in [9.17, 15) is 10.1 Å². The molecule has 4 aromatic rings. The number of nitrogens with zero attached hydrogens (tertiary/aromatic N) is 6. The minimum Gasteiger partial charge on any atom is -0.382 e. The predicted octanol–water partition coefficient (Wildman–Crippen LogP) is 2.48. The third-order valence-corrected chi connectivity index (χ3v) is 4.73. The molecule has 0 aliphatic rings. The van der Waals surface area contributed by atoms with E-state index in [1.54, 1.807) is 35.0 Å². The smallest absolute Gasteiger partial charge is 0.271 e. The average molecular weight is 400 g/mol. The highest BCUT2D eigenvalue weighted by Gasteiger charge is 2.22. The number of nitrogens with one attached hydrogen (secondary N) is 1. The number of aryl methyl sites for hydroxylation is 1. The molecule has 0 saturated carbocycles. The van der Waals surface area contributed by atoms with Gasteiger partial charge in [-0.05, 0) is 32.0 Å². The van der Waals surface area contributed by atoms with Crippen LogP contribution in [0.3, 0.4) is 0 Å². The number of rotatable bonds is 5. The van der Waals surface area contributed by atoms with Crippen LogP contribution in [0.1, 0.15) is 29.9 Å². The van der Waals surface area contributed by atoms with Crippen LogP contribution < -0.4 is 11.1 Å². The second kappa shape index (κ2) is 7.67. The van der Waals surface area contributed by atoms with E-state index < -0.39 is 0 Å². The largest absolute Gasteiger partial charge is 0.382 e. The van der Waals surface area contributed by atoms with Crippen LogP contribution in [0, 0.1) is 11.3 Å². The zero-order valence-corrected chi connectivity index (χ0v) is 16.6. The summed E-state index contributed by atoms with van der Waals surface area (Å²) in [5.41, 5.74) is 10.2. The van der Waals surface area contributed by atoms with Gasteiger partial charge in [0.15, 0.2) is 5.69 Å². The highest BCUT2D eigenvalue weighted by molar-refractivity contribution is 5.95. The molecule has 4 rings (SSSR count). The summed E-state index contributed by atoms with van der Waals surface area (Å²) < 4.78 is 3.45. The molecular formula is C21H20N8O. The van der Waals surface area contributed by atoms with Gasteiger partial charge < -0.3 is 11.1 Å². The Kier molecular flexibility index (Phi) is 4.90. The molecule has 0 fully saturated rings. The van der Waals surface area contributed by atoms with Crippen molar-refractivity contribution in [2.24, 2.45) is 0 Å². The fraction of sp³-hybridized carbons (Fsp3) is 0.190. The molecule has 0 bridgehead atoms. The number of nitriles is 1. The number of hydrogen-bond acceptors (Lipinski definition) is 6. The molecule has 9 heteroatoms. The highest BCUT2D eigenvalue weighted by Crippen LogP contribution is 2.33. The van der Waals surface area contributed by atoms with Crippen molar-refractivity contribution in [1.29, 1.82) is 5.26 Å². The van der Waals surface area contributed by atoms with Gasteiger partial charge in [-0.25, -0.2) is 9.50 Å². The van der Waals surface area contributed by atoms with Crippen LogP contribution in [-0.4, -0.2) is 36.8 Å². The summed E-state index contributed by atoms with van der Waals surface area (Å²) in [4.78, 5) is 17.0. The SMILES string of the molecule is CCNC(=O)c1cc2c(N)nc(-c3cccc(C#N)c3)c(-c3ccnn3CC)n2n1. The predicted molar refractivity (Wildman–Crippen MR) is 112 cm³/mol. The first-order valence-corrected chi connectivity index (χ1v) is 9.57. The van der Waals surface area contributed by atoms with Crippen LogP contribution in [0.15, 0.2) is 42.6 Å². The second-order valence-corrected chi connectivity index (χ2v) is 6.61. The summed E-state index contributed by atoms with van der Waals surface area (Å²) in [6.45, 7) is 4.95. The normalized spacial score (nSPS) is 10.8. The third kappa shape index (κ3) is 3.14. The average Bonchev–Trinajstić information content (AvgIpc) is 3.41. The maximum Gasteiger partial charge on any atom is 0.271 e. The van der Waals surface area contributed by atoms with Gasteiger partial charge in [0.2, 0.25) is 0 Å². The maximum atomic E-state index is 12.4. The molecule has 0 unspecified atom stereocenters. The summed E-state index contributed by atoms with van der Waals surface area (Å²) in [7, 11) is 0. The van der Waals surface area contributed by atoms with Crippen LogP contribution in [-0.2, 0) is 6.54 Å². The van der Waals surface area contributed by atoms with E-state index >= 15 is 0 Å². The van der Waals surface area contributed by atoms with Crippen LogP contribution in [0.2, 0.25) is 0 Å². The Morgan fingerprint density at radius 2 is 2.10 bits per heavy atom. The molecule has 150 valence electrons. The number of amides is 1. The molecule has 30 heavy (non-hydrogen) atoms. The van der Waals surface area contributed by atoms with Crippen LogP contribution in [0.4, 0.5) is 5.82 Å². The Morgan fingerprint density at radius 3 is 2.83 bits per heavy atom. The molecule has 3 aromatic heterocycles. The molecular weight excluding hydrogens is 380 g/mol. The van der Waals surface area contributed by atoms with Crippen LogP contribution in [0.5, 0.6) is 0 Å². The monoisotopic (exact) mass is 400 g/mol. The van der Waals surface area contributed by atoms with E-state index in [0.717, 1.165) is 11.3 Å². The van der Waals surface area contributed by atoms with Crippen molar-refractivity contribution in [2.75, 3.05) is 12.3 Å². The van der Waals surface area contributed by atoms with E-state index in [1.807, 2.05) is 30.7 Å². The zero-order valence-electron chi connectivity index (χ0n) is 16.6. The minimum absolute atomic E-state index is 0.238. The first-order chi connectivity index (χ1) is 14.6. The number of nitrogen functional groups attached to an aromatic ring is 1. The molecule has 0 atom stereocenters. The van der Waals surface area contributed by atoms with Crippen molar-refractivity contribution < 1.29 is 4.79 Å². The quantitative estimate of drug-likeness (QED) is 0.530. The molecule has 0 radical (unpaired) electrons. The fourth-order valence-corrected chi connectivity index (χ4v) is 3.38. The van der Waals surface area contributed by atoms with Gasteiger partial charge in [0.1, 0.15) is 22.7 Å². The van der Waals surface area contributed by atoms with Crippen molar-refractivity contribution in [3.8, 4) is 28.7 Å². The number of hydrogen-bond donors (Lipinski definition) is 2. The zero-order chi connectivity index (χ0) is 21.3. The Bertz CT molecular complexity index is 1290. The second-order valence-electron chi connectivity index (χ2n) is 6.61. The number of nitrogens with two attached hydrogens (primary N) is 1. The number of benzene rings is 1. The van der Waals surface area contributed by atoms with E-state index in [0.29, 0.717) is 35.6 Å². The molecule has 3 heterocycles. The van der Waals surface area contributed by atoms with E-state index in [1.165, 1.54) is 0 Å². The van der Waals surface area contributed by atoms with Crippen molar-refractivity contribution in [1.82, 2.24) is 29.7 Å². The lowest BCUT2D eigenvalue weighted by atomic mass is 10.0. The van der Waals surface area contributed by atoms with Crippen LogP contribution in [0.25, 0.3) is 28.2 Å². The van der Waals surface area contributed by atoms with E-state index in [2.05, 4.69) is 26.6 Å². The summed E-state index contributed by atoms with van der Waals surface area (Å²) in [6.07, 6.45) is 1.70. The van der Waals surface area contributed by atoms with Gasteiger partial charge in [-0.3, -0.25) is 9.48 Å². The van der Waals surface area contributed by atoms with Gasteiger partial charge in [0, 0.05) is 30.9 Å². The fourth-order valence-electron chi connectivity index (χ4n) is 3.38. The Morgan fingerprint density at radius 1 is 1.27 bits per heavy atom. The minimum atomic E-state index is -0.288. The van der Waals surface area contributed by atoms with Gasteiger partial charge in [-0.1, -0.05) is 12.1 Å². The molecule has 1 aromatic carbocycles. The first kappa shape index (κ1) is 19.1. The number of aromatic nitrogens is 5. The van der Waals surface area contributed by atoms with Gasteiger partial charge >= 0.3 is 0 Å². The Balaban J connectivity index is 2.07. The molecule has 0 saturated heterocycles. The summed E-state index contributed by atoms with van der Waals surface area (Å²) in [5.74, 6) is -0.0506. The molecule has 0 aliphatic heterocycles. The lowest BCUT2D eigenvalue weighted by molar-refractivity contribution is 0.0950. The van der Waals surface area contributed by atoms with E-state index in [4.69, 9.17) is 5.73 Å². The summed E-state index contributed by atoms with van der Waals surface area (Å²) >= 11 is 0. The molecule has 0 aliphatic carbocycles. The number of carbonyl (C=O) groups is 1. The Hall–Kier alpha value is -4.19. The van der Waals surface area contributed by atoms with Crippen molar-refractivity contribution in [3.63, 3.8) is 0 Å². The first-order valence-electron chi connectivity index (χ1n) is 9.57. The molecule has 3 N–H and O–H groups in total. The maximum absolute atomic E-state index is 12.4. The topological polar surface area (TPSA) is 127 Å². The summed E-state index contributed by atoms with van der Waals surface area (Å²) in [6, 6.07) is 12.8. The van der Waals surface area contributed by atoms with Gasteiger partial charge in [-0.2, -0.15) is 15.5 Å². The lowest BCUT2D eigenvalue weighted by Crippen LogP contribution is -2.23. The highest BCUT2D eigenvalue weighted by atomic mass is 16.1. The third-order valence-electron chi connectivity index (χ3n) is 4.73. The summed E-state index contributed by atoms with van der Waals surface area (Å²) in [5, 5.41) is 21.0. The Labute approximate surface area is 172 Å². The van der Waals surface area contributed by atoms with Crippen LogP contribution >= 0.6 is 0 Å². The van der Waals surface area contributed by atoms with Crippen molar-refractivity contribution in [2.45, 2.75) is 20.4 Å². The van der Waals surface area contributed by atoms with Crippen molar-refractivity contribution >= 4 is 17.2 Å². The number of carbonyl (C=O) groups excluding carboxylic acids is 1. The van der Waals surface area contributed by atoms with E-state index in [-0.39, 0.29) is 17.4 Å². The van der Waals surface area contributed by atoms with Crippen molar-refractivity contribution in [3.05, 3.63) is 53.9 Å². The number of anilines is 1. The van der Waals surface area contributed by atoms with Gasteiger partial charge in [-0.15, -0.1) is 0 Å². The standard InChI is InChI=1S/C21H20N8O/c1-3-24-21(30)15-11-17-20(23)26-18(14-7-5-6-13(10-14)12-22)19(29(17)27-15)16-8-9-25-28(16)4-2/h5-11H,3-4H2,1-2H3,(H2,23,26)(H,24,30). The molecule has 9 nitrogen and oxygen atoms in total.